The molecule has 1 saturated carbocycles. The van der Waals surface area contributed by atoms with E-state index in [9.17, 15) is 4.79 Å². The average Bonchev–Trinajstić information content (AvgIpc) is 3.35. The van der Waals surface area contributed by atoms with Crippen LogP contribution in [0.3, 0.4) is 0 Å². The van der Waals surface area contributed by atoms with Crippen LogP contribution in [-0.2, 0) is 4.74 Å². The summed E-state index contributed by atoms with van der Waals surface area (Å²) in [4.78, 5) is 16.5. The first-order valence-corrected chi connectivity index (χ1v) is 8.20. The van der Waals surface area contributed by atoms with Crippen LogP contribution in [0, 0.1) is 0 Å². The summed E-state index contributed by atoms with van der Waals surface area (Å²) in [5.41, 5.74) is 1.43. The topological polar surface area (TPSA) is 89.3 Å². The van der Waals surface area contributed by atoms with Gasteiger partial charge in [0.15, 0.2) is 5.82 Å². The van der Waals surface area contributed by atoms with Crippen LogP contribution in [0.25, 0.3) is 11.5 Å². The molecule has 0 aliphatic heterocycles. The maximum Gasteiger partial charge on any atom is 0.257 e. The Morgan fingerprint density at radius 1 is 1.25 bits per heavy atom. The lowest BCUT2D eigenvalue weighted by Gasteiger charge is -2.06. The fourth-order valence-electron chi connectivity index (χ4n) is 2.29. The molecule has 0 saturated heterocycles. The summed E-state index contributed by atoms with van der Waals surface area (Å²) in [6.07, 6.45) is 2.27. The van der Waals surface area contributed by atoms with Crippen LogP contribution in [0.1, 0.15) is 34.9 Å². The minimum atomic E-state index is -0.0979. The highest BCUT2D eigenvalue weighted by atomic mass is 16.5. The first kappa shape index (κ1) is 16.6. The molecule has 1 amide bonds. The van der Waals surface area contributed by atoms with Crippen LogP contribution in [-0.4, -0.2) is 49.4 Å². The molecule has 7 heteroatoms. The Hall–Kier alpha value is -2.25. The van der Waals surface area contributed by atoms with Gasteiger partial charge in [-0.15, -0.1) is 0 Å². The van der Waals surface area contributed by atoms with Crippen molar-refractivity contribution in [3.63, 3.8) is 0 Å². The number of aromatic nitrogens is 2. The van der Waals surface area contributed by atoms with Crippen molar-refractivity contribution < 1.29 is 14.1 Å². The number of amides is 1. The Labute approximate surface area is 140 Å². The summed E-state index contributed by atoms with van der Waals surface area (Å²) < 4.78 is 10.2. The Morgan fingerprint density at radius 3 is 2.75 bits per heavy atom. The van der Waals surface area contributed by atoms with Gasteiger partial charge >= 0.3 is 0 Å². The molecule has 128 valence electrons. The van der Waals surface area contributed by atoms with Gasteiger partial charge in [-0.1, -0.05) is 5.16 Å². The lowest BCUT2D eigenvalue weighted by molar-refractivity contribution is 0.0953. The third-order valence-electron chi connectivity index (χ3n) is 3.85. The molecule has 1 aromatic heterocycles. The zero-order chi connectivity index (χ0) is 16.8. The molecule has 0 unspecified atom stereocenters. The molecule has 0 atom stereocenters. The molecule has 2 aromatic rings. The number of hydrogen-bond donors (Lipinski definition) is 2. The number of carbonyl (C=O) groups is 1. The fourth-order valence-corrected chi connectivity index (χ4v) is 2.29. The molecule has 7 nitrogen and oxygen atoms in total. The molecular weight excluding hydrogens is 308 g/mol. The summed E-state index contributed by atoms with van der Waals surface area (Å²) in [5.74, 6) is 1.66. The van der Waals surface area contributed by atoms with Gasteiger partial charge < -0.3 is 19.9 Å². The lowest BCUT2D eigenvalue weighted by atomic mass is 10.1. The zero-order valence-electron chi connectivity index (χ0n) is 13.7. The Morgan fingerprint density at radius 2 is 2.04 bits per heavy atom. The molecule has 0 bridgehead atoms. The molecule has 1 aliphatic rings. The highest BCUT2D eigenvalue weighted by molar-refractivity contribution is 5.94. The van der Waals surface area contributed by atoms with Crippen molar-refractivity contribution in [3.8, 4) is 11.5 Å². The third-order valence-corrected chi connectivity index (χ3v) is 3.85. The number of hydrogen-bond acceptors (Lipinski definition) is 6. The highest BCUT2D eigenvalue weighted by Gasteiger charge is 2.28. The van der Waals surface area contributed by atoms with Crippen molar-refractivity contribution in [2.45, 2.75) is 18.8 Å². The summed E-state index contributed by atoms with van der Waals surface area (Å²) in [6.45, 7) is 2.71. The van der Waals surface area contributed by atoms with Gasteiger partial charge in [-0.05, 0) is 37.1 Å². The Balaban J connectivity index is 1.49. The van der Waals surface area contributed by atoms with Crippen LogP contribution >= 0.6 is 0 Å². The maximum absolute atomic E-state index is 12.1. The van der Waals surface area contributed by atoms with Crippen molar-refractivity contribution in [2.24, 2.45) is 0 Å². The van der Waals surface area contributed by atoms with E-state index in [1.165, 1.54) is 0 Å². The van der Waals surface area contributed by atoms with Gasteiger partial charge in [0, 0.05) is 43.8 Å². The second-order valence-corrected chi connectivity index (χ2v) is 5.81. The van der Waals surface area contributed by atoms with Crippen molar-refractivity contribution >= 4 is 5.91 Å². The number of carbonyl (C=O) groups excluding carboxylic acids is 1. The number of rotatable bonds is 9. The van der Waals surface area contributed by atoms with E-state index in [-0.39, 0.29) is 5.91 Å². The van der Waals surface area contributed by atoms with Gasteiger partial charge in [-0.2, -0.15) is 4.98 Å². The second-order valence-electron chi connectivity index (χ2n) is 5.81. The van der Waals surface area contributed by atoms with Gasteiger partial charge in [0.05, 0.1) is 6.61 Å². The summed E-state index contributed by atoms with van der Waals surface area (Å²) in [6, 6.07) is 7.19. The second kappa shape index (κ2) is 8.03. The molecule has 24 heavy (non-hydrogen) atoms. The normalized spacial score (nSPS) is 13.9. The van der Waals surface area contributed by atoms with Gasteiger partial charge in [0.25, 0.3) is 11.8 Å². The smallest absolute Gasteiger partial charge is 0.257 e. The SMILES string of the molecule is COCCNCCNC(=O)c1ccc(-c2nc(C3CC3)no2)cc1. The van der Waals surface area contributed by atoms with Crippen molar-refractivity contribution in [3.05, 3.63) is 35.7 Å². The largest absolute Gasteiger partial charge is 0.383 e. The molecule has 0 spiro atoms. The Bertz CT molecular complexity index is 665. The minimum Gasteiger partial charge on any atom is -0.383 e. The van der Waals surface area contributed by atoms with Gasteiger partial charge in [0.2, 0.25) is 0 Å². The van der Waals surface area contributed by atoms with Crippen molar-refractivity contribution in [1.29, 1.82) is 0 Å². The van der Waals surface area contributed by atoms with Gasteiger partial charge in [-0.25, -0.2) is 0 Å². The minimum absolute atomic E-state index is 0.0979. The van der Waals surface area contributed by atoms with E-state index in [1.54, 1.807) is 19.2 Å². The van der Waals surface area contributed by atoms with Crippen LogP contribution in [0.5, 0.6) is 0 Å². The number of ether oxygens (including phenoxy) is 1. The van der Waals surface area contributed by atoms with Gasteiger partial charge in [0.1, 0.15) is 0 Å². The van der Waals surface area contributed by atoms with E-state index < -0.39 is 0 Å². The summed E-state index contributed by atoms with van der Waals surface area (Å²) >= 11 is 0. The summed E-state index contributed by atoms with van der Waals surface area (Å²) in [5, 5.41) is 10.0. The van der Waals surface area contributed by atoms with Crippen molar-refractivity contribution in [2.75, 3.05) is 33.4 Å². The number of nitrogens with one attached hydrogen (secondary N) is 2. The van der Waals surface area contributed by atoms with Crippen molar-refractivity contribution in [1.82, 2.24) is 20.8 Å². The molecule has 1 heterocycles. The van der Waals surface area contributed by atoms with E-state index >= 15 is 0 Å². The zero-order valence-corrected chi connectivity index (χ0v) is 13.7. The van der Waals surface area contributed by atoms with E-state index in [2.05, 4.69) is 20.8 Å². The van der Waals surface area contributed by atoms with E-state index in [0.717, 1.165) is 30.8 Å². The first-order valence-electron chi connectivity index (χ1n) is 8.20. The van der Waals surface area contributed by atoms with Crippen LogP contribution in [0.4, 0.5) is 0 Å². The molecule has 0 radical (unpaired) electrons. The lowest BCUT2D eigenvalue weighted by Crippen LogP contribution is -2.33. The molecule has 1 aliphatic carbocycles. The predicted molar refractivity (Wildman–Crippen MR) is 88.8 cm³/mol. The molecule has 2 N–H and O–H groups in total. The summed E-state index contributed by atoms with van der Waals surface area (Å²) in [7, 11) is 1.66. The van der Waals surface area contributed by atoms with Crippen LogP contribution < -0.4 is 10.6 Å². The van der Waals surface area contributed by atoms with Crippen LogP contribution in [0.15, 0.2) is 28.8 Å². The van der Waals surface area contributed by atoms with Crippen LogP contribution in [0.2, 0.25) is 0 Å². The predicted octanol–water partition coefficient (Wildman–Crippen LogP) is 1.58. The third kappa shape index (κ3) is 4.39. The van der Waals surface area contributed by atoms with E-state index in [4.69, 9.17) is 9.26 Å². The molecular formula is C17H22N4O3. The number of methoxy groups -OCH3 is 1. The number of benzene rings is 1. The van der Waals surface area contributed by atoms with Gasteiger partial charge in [-0.3, -0.25) is 4.79 Å². The molecule has 1 aromatic carbocycles. The molecule has 1 fully saturated rings. The number of nitrogens with zero attached hydrogens (tertiary/aromatic N) is 2. The monoisotopic (exact) mass is 330 g/mol. The maximum atomic E-state index is 12.1. The quantitative estimate of drug-likeness (QED) is 0.679. The fraction of sp³-hybridized carbons (Fsp3) is 0.471. The highest BCUT2D eigenvalue weighted by Crippen LogP contribution is 2.38. The standard InChI is InChI=1S/C17H22N4O3/c1-23-11-10-18-8-9-19-16(22)13-4-6-14(7-5-13)17-20-15(21-24-17)12-2-3-12/h4-7,12,18H,2-3,8-11H2,1H3,(H,19,22). The first-order chi connectivity index (χ1) is 11.8. The average molecular weight is 330 g/mol. The van der Waals surface area contributed by atoms with E-state index in [0.29, 0.717) is 37.1 Å². The van der Waals surface area contributed by atoms with E-state index in [1.807, 2.05) is 12.1 Å². The molecule has 3 rings (SSSR count). The Kier molecular flexibility index (Phi) is 5.55.